The van der Waals surface area contributed by atoms with Crippen LogP contribution < -0.4 is 0 Å². The van der Waals surface area contributed by atoms with Crippen LogP contribution in [0.25, 0.3) is 6.08 Å². The van der Waals surface area contributed by atoms with Gasteiger partial charge in [-0.3, -0.25) is 0 Å². The second-order valence-corrected chi connectivity index (χ2v) is 3.43. The zero-order valence-corrected chi connectivity index (χ0v) is 8.19. The first kappa shape index (κ1) is 9.26. The molecule has 0 amide bonds. The van der Waals surface area contributed by atoms with Crippen LogP contribution in [0.4, 0.5) is 0 Å². The van der Waals surface area contributed by atoms with Crippen molar-refractivity contribution < 1.29 is 0 Å². The highest BCUT2D eigenvalue weighted by molar-refractivity contribution is 5.58. The Morgan fingerprint density at radius 3 is 2.71 bits per heavy atom. The normalized spacial score (nSPS) is 19.6. The molecular weight excluding hydrogens is 168 g/mol. The second-order valence-electron chi connectivity index (χ2n) is 3.43. The fraction of sp³-hybridized carbons (Fsp3) is 0.143. The Bertz CT molecular complexity index is 330. The van der Waals surface area contributed by atoms with E-state index in [-0.39, 0.29) is 0 Å². The van der Waals surface area contributed by atoms with Gasteiger partial charge in [0.15, 0.2) is 0 Å². The minimum absolute atomic E-state index is 1.14. The van der Waals surface area contributed by atoms with Crippen LogP contribution in [0, 0.1) is 12.8 Å². The Hall–Kier alpha value is -1.30. The lowest BCUT2D eigenvalue weighted by Crippen LogP contribution is -1.82. The van der Waals surface area contributed by atoms with E-state index in [0.29, 0.717) is 0 Å². The molecule has 70 valence electrons. The standard InChI is InChI=1S/C14H14/c1-2-5-9-13(8-4-1)12-14-10-6-3-7-11-14/h1,3-4,6-12H,2,5H2/b13-12-. The van der Waals surface area contributed by atoms with E-state index >= 15 is 0 Å². The van der Waals surface area contributed by atoms with Gasteiger partial charge in [0, 0.05) is 6.42 Å². The van der Waals surface area contributed by atoms with Crippen LogP contribution in [0.5, 0.6) is 0 Å². The van der Waals surface area contributed by atoms with E-state index in [1.165, 1.54) is 11.1 Å². The third kappa shape index (κ3) is 2.59. The molecule has 0 saturated carbocycles. The summed E-state index contributed by atoms with van der Waals surface area (Å²) >= 11 is 0. The maximum absolute atomic E-state index is 2.28. The highest BCUT2D eigenvalue weighted by Crippen LogP contribution is 2.18. The average molecular weight is 182 g/mol. The summed E-state index contributed by atoms with van der Waals surface area (Å²) in [7, 11) is 0. The molecule has 0 aliphatic heterocycles. The number of hydrogen-bond donors (Lipinski definition) is 0. The Kier molecular flexibility index (Phi) is 3.18. The average Bonchev–Trinajstić information content (AvgIpc) is 2.48. The minimum atomic E-state index is 1.14. The summed E-state index contributed by atoms with van der Waals surface area (Å²) in [6.45, 7) is 0. The number of rotatable bonds is 1. The smallest absolute Gasteiger partial charge is 0.00835 e. The minimum Gasteiger partial charge on any atom is -0.0879 e. The number of allylic oxidation sites excluding steroid dienone is 3. The molecule has 1 aromatic rings. The van der Waals surface area contributed by atoms with E-state index in [2.05, 4.69) is 55.3 Å². The van der Waals surface area contributed by atoms with E-state index in [0.717, 1.165) is 12.8 Å². The van der Waals surface area contributed by atoms with Gasteiger partial charge in [-0.15, -0.1) is 0 Å². The van der Waals surface area contributed by atoms with Gasteiger partial charge in [0.05, 0.1) is 0 Å². The Morgan fingerprint density at radius 1 is 1.00 bits per heavy atom. The highest BCUT2D eigenvalue weighted by Gasteiger charge is 2.00. The highest BCUT2D eigenvalue weighted by atomic mass is 14.0. The van der Waals surface area contributed by atoms with Gasteiger partial charge in [0.25, 0.3) is 0 Å². The lowest BCUT2D eigenvalue weighted by molar-refractivity contribution is 1.00. The Morgan fingerprint density at radius 2 is 1.86 bits per heavy atom. The molecule has 0 spiro atoms. The maximum Gasteiger partial charge on any atom is 0.00835 e. The number of benzene rings is 1. The van der Waals surface area contributed by atoms with Crippen molar-refractivity contribution in [2.75, 3.05) is 0 Å². The molecule has 2 radical (unpaired) electrons. The van der Waals surface area contributed by atoms with E-state index in [1.807, 2.05) is 6.07 Å². The van der Waals surface area contributed by atoms with Crippen LogP contribution in [-0.4, -0.2) is 0 Å². The van der Waals surface area contributed by atoms with Crippen molar-refractivity contribution in [1.29, 1.82) is 0 Å². The van der Waals surface area contributed by atoms with Gasteiger partial charge >= 0.3 is 0 Å². The lowest BCUT2D eigenvalue weighted by atomic mass is 10.0. The first-order valence-corrected chi connectivity index (χ1v) is 5.05. The predicted molar refractivity (Wildman–Crippen MR) is 61.4 cm³/mol. The number of hydrogen-bond acceptors (Lipinski definition) is 0. The fourth-order valence-corrected chi connectivity index (χ4v) is 1.54. The summed E-state index contributed by atoms with van der Waals surface area (Å²) in [6, 6.07) is 10.4. The monoisotopic (exact) mass is 182 g/mol. The largest absolute Gasteiger partial charge is 0.0879 e. The van der Waals surface area contributed by atoms with Gasteiger partial charge in [0.1, 0.15) is 0 Å². The van der Waals surface area contributed by atoms with Crippen molar-refractivity contribution in [3.8, 4) is 0 Å². The SMILES string of the molecule is [CH]1C=CCC[CH]/C1=C\c1ccccc1. The predicted octanol–water partition coefficient (Wildman–Crippen LogP) is 3.83. The van der Waals surface area contributed by atoms with Crippen LogP contribution in [0.15, 0.2) is 48.1 Å². The van der Waals surface area contributed by atoms with Gasteiger partial charge in [-0.1, -0.05) is 54.1 Å². The van der Waals surface area contributed by atoms with Crippen LogP contribution >= 0.6 is 0 Å². The third-order valence-corrected chi connectivity index (χ3v) is 2.27. The van der Waals surface area contributed by atoms with Gasteiger partial charge in [-0.25, -0.2) is 0 Å². The summed E-state index contributed by atoms with van der Waals surface area (Å²) in [4.78, 5) is 0. The molecule has 14 heavy (non-hydrogen) atoms. The summed E-state index contributed by atoms with van der Waals surface area (Å²) in [5, 5.41) is 0. The van der Waals surface area contributed by atoms with Crippen molar-refractivity contribution in [2.45, 2.75) is 12.8 Å². The van der Waals surface area contributed by atoms with Gasteiger partial charge in [-0.2, -0.15) is 0 Å². The van der Waals surface area contributed by atoms with Crippen LogP contribution in [0.2, 0.25) is 0 Å². The molecule has 0 fully saturated rings. The summed E-state index contributed by atoms with van der Waals surface area (Å²) in [6.07, 6.45) is 13.3. The van der Waals surface area contributed by atoms with Crippen molar-refractivity contribution in [3.05, 3.63) is 66.5 Å². The fourth-order valence-electron chi connectivity index (χ4n) is 1.54. The molecule has 0 N–H and O–H groups in total. The molecule has 0 heteroatoms. The molecule has 0 heterocycles. The quantitative estimate of drug-likeness (QED) is 0.619. The van der Waals surface area contributed by atoms with Crippen LogP contribution in [0.3, 0.4) is 0 Å². The van der Waals surface area contributed by atoms with Gasteiger partial charge < -0.3 is 0 Å². The summed E-state index contributed by atoms with van der Waals surface area (Å²) < 4.78 is 0. The molecule has 0 unspecified atom stereocenters. The zero-order chi connectivity index (χ0) is 9.64. The van der Waals surface area contributed by atoms with Gasteiger partial charge in [-0.05, 0) is 24.8 Å². The lowest BCUT2D eigenvalue weighted by Gasteiger charge is -2.00. The first-order valence-electron chi connectivity index (χ1n) is 5.05. The topological polar surface area (TPSA) is 0 Å². The van der Waals surface area contributed by atoms with Crippen molar-refractivity contribution in [3.63, 3.8) is 0 Å². The first-order chi connectivity index (χ1) is 6.95. The molecule has 0 nitrogen and oxygen atoms in total. The van der Waals surface area contributed by atoms with E-state index in [9.17, 15) is 0 Å². The molecular formula is C14H14. The molecule has 0 saturated heterocycles. The molecule has 1 aliphatic carbocycles. The Labute approximate surface area is 86.0 Å². The maximum atomic E-state index is 2.28. The molecule has 0 aromatic heterocycles. The second kappa shape index (κ2) is 4.80. The summed E-state index contributed by atoms with van der Waals surface area (Å²) in [5.74, 6) is 0. The van der Waals surface area contributed by atoms with Gasteiger partial charge in [0.2, 0.25) is 0 Å². The molecule has 1 aromatic carbocycles. The van der Waals surface area contributed by atoms with Crippen molar-refractivity contribution in [2.24, 2.45) is 0 Å². The summed E-state index contributed by atoms with van der Waals surface area (Å²) in [5.41, 5.74) is 2.58. The van der Waals surface area contributed by atoms with Crippen LogP contribution in [0.1, 0.15) is 18.4 Å². The van der Waals surface area contributed by atoms with E-state index < -0.39 is 0 Å². The van der Waals surface area contributed by atoms with E-state index in [4.69, 9.17) is 0 Å². The van der Waals surface area contributed by atoms with Crippen molar-refractivity contribution >= 4 is 6.08 Å². The molecule has 0 atom stereocenters. The van der Waals surface area contributed by atoms with E-state index in [1.54, 1.807) is 0 Å². The van der Waals surface area contributed by atoms with Crippen LogP contribution in [-0.2, 0) is 0 Å². The zero-order valence-electron chi connectivity index (χ0n) is 8.19. The molecule has 0 bridgehead atoms. The van der Waals surface area contributed by atoms with Crippen molar-refractivity contribution in [1.82, 2.24) is 0 Å². The Balaban J connectivity index is 2.13. The molecule has 1 aliphatic rings. The third-order valence-electron chi connectivity index (χ3n) is 2.27. The molecule has 2 rings (SSSR count).